The van der Waals surface area contributed by atoms with Crippen LogP contribution in [0.15, 0.2) is 6.20 Å². The Morgan fingerprint density at radius 3 is 2.88 bits per heavy atom. The van der Waals surface area contributed by atoms with Crippen molar-refractivity contribution < 1.29 is 5.11 Å². The first-order valence-corrected chi connectivity index (χ1v) is 8.50. The number of hydrogen-bond acceptors (Lipinski definition) is 5. The first-order chi connectivity index (χ1) is 7.72. The molecular weight excluding hydrogens is 258 g/mol. The molecule has 1 saturated heterocycles. The van der Waals surface area contributed by atoms with Crippen LogP contribution in [-0.4, -0.2) is 26.8 Å². The number of thioether (sulfide) groups is 2. The second-order valence-electron chi connectivity index (χ2n) is 3.89. The van der Waals surface area contributed by atoms with Gasteiger partial charge in [0.05, 0.1) is 16.2 Å². The van der Waals surface area contributed by atoms with Crippen LogP contribution in [0.2, 0.25) is 0 Å². The Labute approximate surface area is 109 Å². The van der Waals surface area contributed by atoms with Crippen molar-refractivity contribution in [1.29, 1.82) is 0 Å². The number of hydrogen-bond donors (Lipinski definition) is 1. The minimum absolute atomic E-state index is 0.382. The topological polar surface area (TPSA) is 33.1 Å². The van der Waals surface area contributed by atoms with Crippen molar-refractivity contribution in [2.24, 2.45) is 0 Å². The highest BCUT2D eigenvalue weighted by Crippen LogP contribution is 2.45. The fourth-order valence-electron chi connectivity index (χ4n) is 1.76. The van der Waals surface area contributed by atoms with Crippen LogP contribution < -0.4 is 0 Å². The second kappa shape index (κ2) is 5.76. The zero-order valence-electron chi connectivity index (χ0n) is 9.55. The highest BCUT2D eigenvalue weighted by Gasteiger charge is 2.28. The minimum Gasteiger partial charge on any atom is -0.388 e. The molecule has 0 aromatic carbocycles. The lowest BCUT2D eigenvalue weighted by Crippen LogP contribution is -2.17. The third-order valence-corrected chi connectivity index (χ3v) is 7.30. The molecule has 3 unspecified atom stereocenters. The Bertz CT molecular complexity index is 340. The van der Waals surface area contributed by atoms with Crippen molar-refractivity contribution in [3.8, 4) is 0 Å². The molecule has 1 aliphatic heterocycles. The highest BCUT2D eigenvalue weighted by molar-refractivity contribution is 8.06. The quantitative estimate of drug-likeness (QED) is 0.915. The predicted molar refractivity (Wildman–Crippen MR) is 74.5 cm³/mol. The summed E-state index contributed by atoms with van der Waals surface area (Å²) in [6.07, 6.45) is 2.65. The standard InChI is InChI=1S/C11H17NOS3/c1-3-8-10(15-5-4-14-8)11-12-6-9(16-11)7(2)13/h6-8,10,13H,3-5H2,1-2H3. The molecule has 1 fully saturated rings. The van der Waals surface area contributed by atoms with Gasteiger partial charge in [-0.25, -0.2) is 4.98 Å². The molecular formula is C11H17NOS3. The van der Waals surface area contributed by atoms with Gasteiger partial charge in [-0.1, -0.05) is 6.92 Å². The molecule has 90 valence electrons. The van der Waals surface area contributed by atoms with E-state index in [1.54, 1.807) is 18.3 Å². The van der Waals surface area contributed by atoms with E-state index in [0.717, 1.165) is 4.88 Å². The van der Waals surface area contributed by atoms with Crippen LogP contribution in [0.3, 0.4) is 0 Å². The summed E-state index contributed by atoms with van der Waals surface area (Å²) in [6.45, 7) is 4.05. The van der Waals surface area contributed by atoms with Crippen LogP contribution in [0.5, 0.6) is 0 Å². The summed E-state index contributed by atoms with van der Waals surface area (Å²) in [7, 11) is 0. The lowest BCUT2D eigenvalue weighted by atomic mass is 10.2. The monoisotopic (exact) mass is 275 g/mol. The molecule has 0 saturated carbocycles. The molecule has 0 bridgehead atoms. The molecule has 1 aromatic rings. The maximum Gasteiger partial charge on any atom is 0.107 e. The Balaban J connectivity index is 2.14. The maximum absolute atomic E-state index is 9.52. The largest absolute Gasteiger partial charge is 0.388 e. The van der Waals surface area contributed by atoms with Gasteiger partial charge >= 0.3 is 0 Å². The number of nitrogens with zero attached hydrogens (tertiary/aromatic N) is 1. The van der Waals surface area contributed by atoms with E-state index in [0.29, 0.717) is 10.5 Å². The number of aliphatic hydroxyl groups is 1. The van der Waals surface area contributed by atoms with Crippen molar-refractivity contribution in [1.82, 2.24) is 4.98 Å². The zero-order chi connectivity index (χ0) is 11.5. The van der Waals surface area contributed by atoms with Gasteiger partial charge in [-0.15, -0.1) is 23.1 Å². The SMILES string of the molecule is CCC1SCCSC1c1ncc(C(C)O)s1. The maximum atomic E-state index is 9.52. The fourth-order valence-corrected chi connectivity index (χ4v) is 6.04. The van der Waals surface area contributed by atoms with E-state index in [4.69, 9.17) is 0 Å². The van der Waals surface area contributed by atoms with E-state index in [1.165, 1.54) is 22.9 Å². The second-order valence-corrected chi connectivity index (χ2v) is 7.58. The third-order valence-electron chi connectivity index (χ3n) is 2.65. The van der Waals surface area contributed by atoms with Gasteiger partial charge in [-0.05, 0) is 13.3 Å². The lowest BCUT2D eigenvalue weighted by molar-refractivity contribution is 0.203. The molecule has 0 aliphatic carbocycles. The number of thiazole rings is 1. The molecule has 0 spiro atoms. The van der Waals surface area contributed by atoms with E-state index in [9.17, 15) is 5.11 Å². The summed E-state index contributed by atoms with van der Waals surface area (Å²) in [4.78, 5) is 5.47. The summed E-state index contributed by atoms with van der Waals surface area (Å²) >= 11 is 5.76. The summed E-state index contributed by atoms with van der Waals surface area (Å²) in [5.41, 5.74) is 0. The molecule has 1 aromatic heterocycles. The summed E-state index contributed by atoms with van der Waals surface area (Å²) < 4.78 is 0. The van der Waals surface area contributed by atoms with Gasteiger partial charge in [0, 0.05) is 23.0 Å². The average molecular weight is 275 g/mol. The zero-order valence-corrected chi connectivity index (χ0v) is 12.0. The van der Waals surface area contributed by atoms with E-state index < -0.39 is 0 Å². The van der Waals surface area contributed by atoms with Crippen molar-refractivity contribution >= 4 is 34.9 Å². The Morgan fingerprint density at radius 1 is 1.50 bits per heavy atom. The third kappa shape index (κ3) is 2.75. The van der Waals surface area contributed by atoms with Crippen LogP contribution >= 0.6 is 34.9 Å². The Hall–Kier alpha value is 0.290. The summed E-state index contributed by atoms with van der Waals surface area (Å²) in [5, 5.41) is 11.9. The highest BCUT2D eigenvalue weighted by atomic mass is 32.2. The molecule has 1 N–H and O–H groups in total. The van der Waals surface area contributed by atoms with Crippen molar-refractivity contribution in [3.63, 3.8) is 0 Å². The molecule has 2 heterocycles. The van der Waals surface area contributed by atoms with Crippen LogP contribution in [0.1, 0.15) is 41.5 Å². The molecule has 2 rings (SSSR count). The summed E-state index contributed by atoms with van der Waals surface area (Å²) in [5.74, 6) is 2.48. The molecule has 5 heteroatoms. The average Bonchev–Trinajstić information content (AvgIpc) is 2.78. The van der Waals surface area contributed by atoms with Crippen molar-refractivity contribution in [2.45, 2.75) is 36.9 Å². The van der Waals surface area contributed by atoms with Gasteiger partial charge in [0.2, 0.25) is 0 Å². The lowest BCUT2D eigenvalue weighted by Gasteiger charge is -2.28. The normalized spacial score (nSPS) is 27.9. The molecule has 16 heavy (non-hydrogen) atoms. The van der Waals surface area contributed by atoms with Crippen LogP contribution in [0.25, 0.3) is 0 Å². The van der Waals surface area contributed by atoms with Crippen LogP contribution in [0, 0.1) is 0 Å². The van der Waals surface area contributed by atoms with E-state index in [-0.39, 0.29) is 6.10 Å². The summed E-state index contributed by atoms with van der Waals surface area (Å²) in [6, 6.07) is 0. The van der Waals surface area contributed by atoms with Gasteiger partial charge in [-0.3, -0.25) is 0 Å². The van der Waals surface area contributed by atoms with Gasteiger partial charge in [0.25, 0.3) is 0 Å². The minimum atomic E-state index is -0.382. The van der Waals surface area contributed by atoms with Gasteiger partial charge < -0.3 is 5.11 Å². The first kappa shape index (κ1) is 12.7. The van der Waals surface area contributed by atoms with Crippen LogP contribution in [-0.2, 0) is 0 Å². The Morgan fingerprint density at radius 2 is 2.25 bits per heavy atom. The van der Waals surface area contributed by atoms with E-state index in [2.05, 4.69) is 23.7 Å². The molecule has 0 radical (unpaired) electrons. The molecule has 2 nitrogen and oxygen atoms in total. The molecule has 1 aliphatic rings. The number of rotatable bonds is 3. The fraction of sp³-hybridized carbons (Fsp3) is 0.727. The Kier molecular flexibility index (Phi) is 4.58. The van der Waals surface area contributed by atoms with Gasteiger partial charge in [0.15, 0.2) is 0 Å². The molecule has 3 atom stereocenters. The first-order valence-electron chi connectivity index (χ1n) is 5.59. The van der Waals surface area contributed by atoms with Crippen molar-refractivity contribution in [2.75, 3.05) is 11.5 Å². The predicted octanol–water partition coefficient (Wildman–Crippen LogP) is 3.50. The van der Waals surface area contributed by atoms with Gasteiger partial charge in [-0.2, -0.15) is 11.8 Å². The smallest absolute Gasteiger partial charge is 0.107 e. The van der Waals surface area contributed by atoms with Crippen molar-refractivity contribution in [3.05, 3.63) is 16.1 Å². The van der Waals surface area contributed by atoms with E-state index >= 15 is 0 Å². The van der Waals surface area contributed by atoms with E-state index in [1.807, 2.05) is 18.0 Å². The number of aliphatic hydroxyl groups excluding tert-OH is 1. The van der Waals surface area contributed by atoms with Gasteiger partial charge in [0.1, 0.15) is 5.01 Å². The van der Waals surface area contributed by atoms with Crippen LogP contribution in [0.4, 0.5) is 0 Å². The molecule has 0 amide bonds. The number of aromatic nitrogens is 1.